The summed E-state index contributed by atoms with van der Waals surface area (Å²) in [6.45, 7) is 8.45. The molecule has 38 heavy (non-hydrogen) atoms. The van der Waals surface area contributed by atoms with E-state index in [2.05, 4.69) is 19.2 Å². The number of hydrogen-bond acceptors (Lipinski definition) is 6. The first-order valence-corrected chi connectivity index (χ1v) is 12.8. The van der Waals surface area contributed by atoms with Crippen molar-refractivity contribution in [2.24, 2.45) is 0 Å². The Hall–Kier alpha value is -3.10. The Morgan fingerprint density at radius 3 is 2.50 bits per heavy atom. The Bertz CT molecular complexity index is 1250. The fourth-order valence-corrected chi connectivity index (χ4v) is 4.52. The van der Waals surface area contributed by atoms with Crippen molar-refractivity contribution in [1.29, 1.82) is 0 Å². The second-order valence-corrected chi connectivity index (χ2v) is 10.4. The lowest BCUT2D eigenvalue weighted by molar-refractivity contribution is -0.00397. The van der Waals surface area contributed by atoms with Crippen LogP contribution in [0.1, 0.15) is 43.6 Å². The lowest BCUT2D eigenvalue weighted by Gasteiger charge is -2.28. The third-order valence-electron chi connectivity index (χ3n) is 6.30. The van der Waals surface area contributed by atoms with Gasteiger partial charge in [0.25, 0.3) is 0 Å². The van der Waals surface area contributed by atoms with E-state index in [4.69, 9.17) is 30.9 Å². The zero-order chi connectivity index (χ0) is 27.9. The molecular formula is C30H36ClNO6. The van der Waals surface area contributed by atoms with Gasteiger partial charge in [-0.05, 0) is 86.2 Å². The van der Waals surface area contributed by atoms with Crippen molar-refractivity contribution in [3.8, 4) is 22.6 Å². The van der Waals surface area contributed by atoms with Gasteiger partial charge >= 0.3 is 6.16 Å². The first-order chi connectivity index (χ1) is 18.0. The monoisotopic (exact) mass is 541 g/mol. The summed E-state index contributed by atoms with van der Waals surface area (Å²) in [5.41, 5.74) is 4.39. The number of benzene rings is 3. The van der Waals surface area contributed by atoms with Crippen LogP contribution in [0.4, 0.5) is 4.79 Å². The number of rotatable bonds is 12. The van der Waals surface area contributed by atoms with E-state index in [1.54, 1.807) is 20.1 Å². The first kappa shape index (κ1) is 29.5. The number of aliphatic hydroxyl groups excluding tert-OH is 1. The molecule has 7 nitrogen and oxygen atoms in total. The van der Waals surface area contributed by atoms with Gasteiger partial charge in [0.1, 0.15) is 11.5 Å². The molecule has 3 N–H and O–H groups in total. The van der Waals surface area contributed by atoms with E-state index in [1.807, 2.05) is 61.5 Å². The SMILES string of the molecule is COc1cc(CC(C)(C)NC[C@@H](O)COC(C)c2ccccc2-c2ccc(OC(=O)O)c(C)c2)ccc1Cl. The van der Waals surface area contributed by atoms with Crippen molar-refractivity contribution in [1.82, 2.24) is 5.32 Å². The number of methoxy groups -OCH3 is 1. The highest BCUT2D eigenvalue weighted by Crippen LogP contribution is 2.33. The normalized spacial score (nSPS) is 13.1. The fourth-order valence-electron chi connectivity index (χ4n) is 4.33. The summed E-state index contributed by atoms with van der Waals surface area (Å²) in [6.07, 6.45) is -1.58. The molecule has 0 spiro atoms. The summed E-state index contributed by atoms with van der Waals surface area (Å²) in [6, 6.07) is 19.0. The van der Waals surface area contributed by atoms with Crippen molar-refractivity contribution in [2.45, 2.75) is 51.9 Å². The highest BCUT2D eigenvalue weighted by Gasteiger charge is 2.21. The number of ether oxygens (including phenoxy) is 3. The number of aliphatic hydroxyl groups is 1. The van der Waals surface area contributed by atoms with Crippen molar-refractivity contribution in [3.63, 3.8) is 0 Å². The molecule has 0 saturated heterocycles. The van der Waals surface area contributed by atoms with Crippen LogP contribution in [-0.2, 0) is 11.2 Å². The lowest BCUT2D eigenvalue weighted by atomic mass is 9.94. The second kappa shape index (κ2) is 13.1. The van der Waals surface area contributed by atoms with E-state index >= 15 is 0 Å². The highest BCUT2D eigenvalue weighted by atomic mass is 35.5. The number of β-amino-alcohol motifs (C(OH)–C–C–N with tert-alkyl or cyclic N) is 1. The third kappa shape index (κ3) is 8.20. The van der Waals surface area contributed by atoms with E-state index < -0.39 is 12.3 Å². The number of nitrogens with one attached hydrogen (secondary N) is 1. The standard InChI is InChI=1S/C30H36ClNO6/c1-19-14-22(11-13-27(19)38-29(34)35)25-9-7-6-8-24(25)20(2)37-18-23(33)17-32-30(3,4)16-21-10-12-26(31)28(15-21)36-5/h6-15,20,23,32-33H,16-18H2,1-5H3,(H,34,35)/t20?,23-/m1/s1. The molecule has 8 heteroatoms. The summed E-state index contributed by atoms with van der Waals surface area (Å²) in [5.74, 6) is 0.944. The molecular weight excluding hydrogens is 506 g/mol. The Labute approximate surface area is 229 Å². The summed E-state index contributed by atoms with van der Waals surface area (Å²) in [7, 11) is 1.60. The zero-order valence-corrected chi connectivity index (χ0v) is 23.2. The average Bonchev–Trinajstić information content (AvgIpc) is 2.88. The molecule has 0 amide bonds. The maximum absolute atomic E-state index is 10.9. The maximum Gasteiger partial charge on any atom is 0.511 e. The minimum absolute atomic E-state index is 0.164. The van der Waals surface area contributed by atoms with E-state index in [0.717, 1.165) is 34.2 Å². The predicted molar refractivity (Wildman–Crippen MR) is 149 cm³/mol. The first-order valence-electron chi connectivity index (χ1n) is 12.5. The molecule has 0 radical (unpaired) electrons. The van der Waals surface area contributed by atoms with Crippen LogP contribution >= 0.6 is 11.6 Å². The van der Waals surface area contributed by atoms with Gasteiger partial charge < -0.3 is 29.7 Å². The van der Waals surface area contributed by atoms with Crippen molar-refractivity contribution < 1.29 is 29.2 Å². The topological polar surface area (TPSA) is 97.3 Å². The van der Waals surface area contributed by atoms with Crippen molar-refractivity contribution in [3.05, 3.63) is 82.4 Å². The van der Waals surface area contributed by atoms with E-state index in [1.165, 1.54) is 0 Å². The number of aryl methyl sites for hydroxylation is 1. The van der Waals surface area contributed by atoms with E-state index in [9.17, 15) is 9.90 Å². The molecule has 0 aromatic heterocycles. The van der Waals surface area contributed by atoms with Gasteiger partial charge in [-0.25, -0.2) is 4.79 Å². The molecule has 1 unspecified atom stereocenters. The van der Waals surface area contributed by atoms with E-state index in [-0.39, 0.29) is 18.2 Å². The summed E-state index contributed by atoms with van der Waals surface area (Å²) in [4.78, 5) is 10.9. The Morgan fingerprint density at radius 2 is 1.82 bits per heavy atom. The Balaban J connectivity index is 1.58. The van der Waals surface area contributed by atoms with Gasteiger partial charge in [0.05, 0.1) is 30.9 Å². The molecule has 0 saturated carbocycles. The van der Waals surface area contributed by atoms with Crippen LogP contribution in [0, 0.1) is 6.92 Å². The van der Waals surface area contributed by atoms with Crippen molar-refractivity contribution in [2.75, 3.05) is 20.3 Å². The number of carbonyl (C=O) groups is 1. The van der Waals surface area contributed by atoms with Crippen LogP contribution in [-0.4, -0.2) is 48.3 Å². The highest BCUT2D eigenvalue weighted by molar-refractivity contribution is 6.32. The summed E-state index contributed by atoms with van der Waals surface area (Å²) in [5, 5.41) is 23.5. The van der Waals surface area contributed by atoms with Crippen LogP contribution in [0.5, 0.6) is 11.5 Å². The maximum atomic E-state index is 10.9. The molecule has 2 atom stereocenters. The van der Waals surface area contributed by atoms with Gasteiger partial charge in [-0.1, -0.05) is 48.0 Å². The van der Waals surface area contributed by atoms with E-state index in [0.29, 0.717) is 23.1 Å². The van der Waals surface area contributed by atoms with Crippen LogP contribution in [0.25, 0.3) is 11.1 Å². The molecule has 204 valence electrons. The van der Waals surface area contributed by atoms with Crippen LogP contribution in [0.2, 0.25) is 5.02 Å². The molecule has 0 fully saturated rings. The molecule has 0 aliphatic heterocycles. The van der Waals surface area contributed by atoms with Gasteiger partial charge in [-0.15, -0.1) is 0 Å². The average molecular weight is 542 g/mol. The van der Waals surface area contributed by atoms with Gasteiger partial charge in [-0.3, -0.25) is 0 Å². The van der Waals surface area contributed by atoms with Crippen LogP contribution < -0.4 is 14.8 Å². The van der Waals surface area contributed by atoms with Crippen LogP contribution in [0.15, 0.2) is 60.7 Å². The third-order valence-corrected chi connectivity index (χ3v) is 6.61. The minimum atomic E-state index is -1.34. The van der Waals surface area contributed by atoms with Gasteiger partial charge in [0, 0.05) is 12.1 Å². The summed E-state index contributed by atoms with van der Waals surface area (Å²) >= 11 is 6.14. The molecule has 0 heterocycles. The summed E-state index contributed by atoms with van der Waals surface area (Å²) < 4.78 is 16.2. The smallest absolute Gasteiger partial charge is 0.495 e. The zero-order valence-electron chi connectivity index (χ0n) is 22.5. The fraction of sp³-hybridized carbons (Fsp3) is 0.367. The largest absolute Gasteiger partial charge is 0.511 e. The lowest BCUT2D eigenvalue weighted by Crippen LogP contribution is -2.46. The second-order valence-electron chi connectivity index (χ2n) is 9.98. The van der Waals surface area contributed by atoms with Gasteiger partial charge in [-0.2, -0.15) is 0 Å². The number of halogens is 1. The Kier molecular flexibility index (Phi) is 10.2. The molecule has 3 aromatic carbocycles. The van der Waals surface area contributed by atoms with Crippen LogP contribution in [0.3, 0.4) is 0 Å². The number of hydrogen-bond donors (Lipinski definition) is 3. The molecule has 0 aliphatic rings. The molecule has 0 bridgehead atoms. The minimum Gasteiger partial charge on any atom is -0.495 e. The molecule has 0 aliphatic carbocycles. The van der Waals surface area contributed by atoms with Gasteiger partial charge in [0.2, 0.25) is 0 Å². The Morgan fingerprint density at radius 1 is 1.08 bits per heavy atom. The predicted octanol–water partition coefficient (Wildman–Crippen LogP) is 6.43. The number of carboxylic acid groups (broad SMARTS) is 1. The molecule has 3 rings (SSSR count). The quantitative estimate of drug-likeness (QED) is 0.179. The van der Waals surface area contributed by atoms with Gasteiger partial charge in [0.15, 0.2) is 0 Å². The van der Waals surface area contributed by atoms with Crippen molar-refractivity contribution >= 4 is 17.8 Å². The molecule has 3 aromatic rings.